The van der Waals surface area contributed by atoms with Crippen LogP contribution in [-0.4, -0.2) is 25.0 Å². The zero-order valence-electron chi connectivity index (χ0n) is 9.10. The number of carbonyl (C=O) groups is 1. The fourth-order valence-corrected chi connectivity index (χ4v) is 1.57. The molecule has 3 nitrogen and oxygen atoms in total. The number of carbonyl (C=O) groups excluding carboxylic acids is 1. The molecule has 0 aliphatic carbocycles. The summed E-state index contributed by atoms with van der Waals surface area (Å²) in [6, 6.07) is 0.305. The highest BCUT2D eigenvalue weighted by molar-refractivity contribution is 5.92. The molecule has 1 atom stereocenters. The third kappa shape index (κ3) is 3.50. The van der Waals surface area contributed by atoms with Crippen molar-refractivity contribution in [1.29, 1.82) is 0 Å². The zero-order chi connectivity index (χ0) is 10.4. The van der Waals surface area contributed by atoms with Crippen molar-refractivity contribution in [2.24, 2.45) is 0 Å². The molecule has 1 fully saturated rings. The molecule has 1 heterocycles. The van der Waals surface area contributed by atoms with Crippen molar-refractivity contribution in [3.05, 3.63) is 11.6 Å². The van der Waals surface area contributed by atoms with Gasteiger partial charge >= 0.3 is 0 Å². The molecule has 1 rings (SSSR count). The van der Waals surface area contributed by atoms with Gasteiger partial charge in [-0.25, -0.2) is 0 Å². The average molecular weight is 196 g/mol. The van der Waals surface area contributed by atoms with Gasteiger partial charge in [-0.15, -0.1) is 0 Å². The molecule has 1 amide bonds. The molecule has 0 aromatic carbocycles. The average Bonchev–Trinajstić information content (AvgIpc) is 2.45. The van der Waals surface area contributed by atoms with Crippen LogP contribution in [0.5, 0.6) is 0 Å². The first kappa shape index (κ1) is 11.2. The van der Waals surface area contributed by atoms with Gasteiger partial charge in [0.25, 0.3) is 0 Å². The van der Waals surface area contributed by atoms with E-state index >= 15 is 0 Å². The third-order valence-corrected chi connectivity index (χ3v) is 2.67. The SMILES string of the molecule is C/C=C(\C)C(=O)N[C@H]1CCCCNC1. The maximum absolute atomic E-state index is 11.5. The molecule has 0 aromatic rings. The van der Waals surface area contributed by atoms with Crippen molar-refractivity contribution in [3.8, 4) is 0 Å². The second kappa shape index (κ2) is 5.81. The molecule has 0 saturated carbocycles. The fourth-order valence-electron chi connectivity index (χ4n) is 1.57. The third-order valence-electron chi connectivity index (χ3n) is 2.67. The van der Waals surface area contributed by atoms with Crippen LogP contribution in [0.1, 0.15) is 33.1 Å². The summed E-state index contributed by atoms with van der Waals surface area (Å²) in [6.07, 6.45) is 5.36. The summed E-state index contributed by atoms with van der Waals surface area (Å²) in [6.45, 7) is 5.72. The summed E-state index contributed by atoms with van der Waals surface area (Å²) in [4.78, 5) is 11.5. The molecule has 80 valence electrons. The Kier molecular flexibility index (Phi) is 4.66. The second-order valence-electron chi connectivity index (χ2n) is 3.84. The highest BCUT2D eigenvalue weighted by atomic mass is 16.1. The van der Waals surface area contributed by atoms with E-state index in [0.717, 1.165) is 25.1 Å². The summed E-state index contributed by atoms with van der Waals surface area (Å²) in [5.41, 5.74) is 0.800. The number of nitrogens with one attached hydrogen (secondary N) is 2. The standard InChI is InChI=1S/C11H20N2O/c1-3-9(2)11(14)13-10-6-4-5-7-12-8-10/h3,10,12H,4-8H2,1-2H3,(H,13,14)/b9-3+/t10-/m0/s1. The molecule has 0 aromatic heterocycles. The van der Waals surface area contributed by atoms with E-state index in [1.54, 1.807) is 0 Å². The van der Waals surface area contributed by atoms with Gasteiger partial charge in [-0.1, -0.05) is 12.5 Å². The largest absolute Gasteiger partial charge is 0.348 e. The van der Waals surface area contributed by atoms with Gasteiger partial charge in [0.05, 0.1) is 0 Å². The van der Waals surface area contributed by atoms with E-state index in [2.05, 4.69) is 10.6 Å². The maximum atomic E-state index is 11.5. The normalized spacial score (nSPS) is 24.1. The highest BCUT2D eigenvalue weighted by Crippen LogP contribution is 2.04. The van der Waals surface area contributed by atoms with E-state index in [1.807, 2.05) is 19.9 Å². The van der Waals surface area contributed by atoms with Gasteiger partial charge in [-0.05, 0) is 33.2 Å². The smallest absolute Gasteiger partial charge is 0.246 e. The molecular weight excluding hydrogens is 176 g/mol. The molecule has 0 bridgehead atoms. The van der Waals surface area contributed by atoms with Crippen molar-refractivity contribution >= 4 is 5.91 Å². The topological polar surface area (TPSA) is 41.1 Å². The lowest BCUT2D eigenvalue weighted by Gasteiger charge is -2.16. The molecule has 1 saturated heterocycles. The predicted molar refractivity (Wildman–Crippen MR) is 58.1 cm³/mol. The quantitative estimate of drug-likeness (QED) is 0.652. The van der Waals surface area contributed by atoms with Crippen LogP contribution in [0.25, 0.3) is 0 Å². The zero-order valence-corrected chi connectivity index (χ0v) is 9.10. The molecule has 0 unspecified atom stereocenters. The van der Waals surface area contributed by atoms with Crippen LogP contribution in [-0.2, 0) is 4.79 Å². The summed E-state index contributed by atoms with van der Waals surface area (Å²) in [5, 5.41) is 6.37. The Labute approximate surface area is 86.0 Å². The molecule has 2 N–H and O–H groups in total. The van der Waals surface area contributed by atoms with Gasteiger partial charge < -0.3 is 10.6 Å². The minimum absolute atomic E-state index is 0.0706. The molecular formula is C11H20N2O. The number of rotatable bonds is 2. The van der Waals surface area contributed by atoms with Crippen LogP contribution < -0.4 is 10.6 Å². The van der Waals surface area contributed by atoms with E-state index in [-0.39, 0.29) is 5.91 Å². The van der Waals surface area contributed by atoms with Crippen molar-refractivity contribution in [3.63, 3.8) is 0 Å². The van der Waals surface area contributed by atoms with Gasteiger partial charge in [0.1, 0.15) is 0 Å². The Bertz CT molecular complexity index is 215. The minimum Gasteiger partial charge on any atom is -0.348 e. The van der Waals surface area contributed by atoms with E-state index < -0.39 is 0 Å². The predicted octanol–water partition coefficient (Wildman–Crippen LogP) is 1.21. The van der Waals surface area contributed by atoms with E-state index in [4.69, 9.17) is 0 Å². The van der Waals surface area contributed by atoms with E-state index in [1.165, 1.54) is 12.8 Å². The lowest BCUT2D eigenvalue weighted by Crippen LogP contribution is -2.41. The van der Waals surface area contributed by atoms with Crippen LogP contribution in [0.3, 0.4) is 0 Å². The Hall–Kier alpha value is -0.830. The highest BCUT2D eigenvalue weighted by Gasteiger charge is 2.14. The van der Waals surface area contributed by atoms with E-state index in [9.17, 15) is 4.79 Å². The minimum atomic E-state index is 0.0706. The van der Waals surface area contributed by atoms with Crippen LogP contribution in [0.4, 0.5) is 0 Å². The number of amides is 1. The van der Waals surface area contributed by atoms with Crippen molar-refractivity contribution in [2.45, 2.75) is 39.2 Å². The fraction of sp³-hybridized carbons (Fsp3) is 0.727. The molecule has 0 radical (unpaired) electrons. The van der Waals surface area contributed by atoms with Crippen LogP contribution in [0, 0.1) is 0 Å². The molecule has 1 aliphatic rings. The molecule has 3 heteroatoms. The summed E-state index contributed by atoms with van der Waals surface area (Å²) in [5.74, 6) is 0.0706. The van der Waals surface area contributed by atoms with Crippen molar-refractivity contribution in [1.82, 2.24) is 10.6 Å². The second-order valence-corrected chi connectivity index (χ2v) is 3.84. The monoisotopic (exact) mass is 196 g/mol. The number of hydrogen-bond donors (Lipinski definition) is 2. The lowest BCUT2D eigenvalue weighted by molar-refractivity contribution is -0.118. The molecule has 1 aliphatic heterocycles. The molecule has 14 heavy (non-hydrogen) atoms. The van der Waals surface area contributed by atoms with Gasteiger partial charge in [0.15, 0.2) is 0 Å². The summed E-state index contributed by atoms with van der Waals surface area (Å²) >= 11 is 0. The van der Waals surface area contributed by atoms with E-state index in [0.29, 0.717) is 6.04 Å². The summed E-state index contributed by atoms with van der Waals surface area (Å²) in [7, 11) is 0. The van der Waals surface area contributed by atoms with Gasteiger partial charge in [-0.2, -0.15) is 0 Å². The van der Waals surface area contributed by atoms with Crippen LogP contribution >= 0.6 is 0 Å². The lowest BCUT2D eigenvalue weighted by atomic mass is 10.1. The summed E-state index contributed by atoms with van der Waals surface area (Å²) < 4.78 is 0. The van der Waals surface area contributed by atoms with Gasteiger partial charge in [0.2, 0.25) is 5.91 Å². The Morgan fingerprint density at radius 3 is 3.00 bits per heavy atom. The number of allylic oxidation sites excluding steroid dienone is 1. The van der Waals surface area contributed by atoms with Gasteiger partial charge in [-0.3, -0.25) is 4.79 Å². The number of hydrogen-bond acceptors (Lipinski definition) is 2. The first-order valence-corrected chi connectivity index (χ1v) is 5.38. The molecule has 0 spiro atoms. The first-order chi connectivity index (χ1) is 6.74. The van der Waals surface area contributed by atoms with Crippen molar-refractivity contribution < 1.29 is 4.79 Å². The maximum Gasteiger partial charge on any atom is 0.246 e. The Balaban J connectivity index is 2.38. The first-order valence-electron chi connectivity index (χ1n) is 5.38. The Morgan fingerprint density at radius 1 is 1.50 bits per heavy atom. The Morgan fingerprint density at radius 2 is 2.29 bits per heavy atom. The van der Waals surface area contributed by atoms with Crippen molar-refractivity contribution in [2.75, 3.05) is 13.1 Å². The van der Waals surface area contributed by atoms with Crippen LogP contribution in [0.15, 0.2) is 11.6 Å². The van der Waals surface area contributed by atoms with Crippen LogP contribution in [0.2, 0.25) is 0 Å². The van der Waals surface area contributed by atoms with Gasteiger partial charge in [0, 0.05) is 18.2 Å².